The summed E-state index contributed by atoms with van der Waals surface area (Å²) in [6.45, 7) is 8.74. The topological polar surface area (TPSA) is 88.2 Å². The molecule has 1 aromatic heterocycles. The predicted molar refractivity (Wildman–Crippen MR) is 147 cm³/mol. The number of nitriles is 1. The molecule has 7 nitrogen and oxygen atoms in total. The molecule has 38 heavy (non-hydrogen) atoms. The summed E-state index contributed by atoms with van der Waals surface area (Å²) in [4.78, 5) is 27.5. The minimum atomic E-state index is -0.530. The lowest BCUT2D eigenvalue weighted by atomic mass is 9.93. The molecule has 0 spiro atoms. The number of amides is 2. The quantitative estimate of drug-likeness (QED) is 0.263. The monoisotopic (exact) mass is 508 g/mol. The van der Waals surface area contributed by atoms with Gasteiger partial charge in [-0.3, -0.25) is 14.5 Å². The summed E-state index contributed by atoms with van der Waals surface area (Å²) in [5, 5.41) is 14.6. The molecule has 0 bridgehead atoms. The third kappa shape index (κ3) is 5.60. The molecule has 0 fully saturated rings. The van der Waals surface area contributed by atoms with Gasteiger partial charge in [0.25, 0.3) is 11.8 Å². The number of rotatable bonds is 9. The minimum Gasteiger partial charge on any atom is -0.493 e. The second kappa shape index (κ2) is 11.7. The van der Waals surface area contributed by atoms with Crippen molar-refractivity contribution < 1.29 is 14.3 Å². The van der Waals surface area contributed by atoms with E-state index in [4.69, 9.17) is 9.84 Å². The van der Waals surface area contributed by atoms with Crippen molar-refractivity contribution in [3.05, 3.63) is 83.1 Å². The minimum absolute atomic E-state index is 0.00407. The first-order valence-electron chi connectivity index (χ1n) is 12.9. The molecule has 4 rings (SSSR count). The Bertz CT molecular complexity index is 1420. The van der Waals surface area contributed by atoms with Crippen LogP contribution in [0.2, 0.25) is 0 Å². The number of imide groups is 1. The molecule has 0 saturated heterocycles. The molecule has 3 aromatic rings. The second-order valence-corrected chi connectivity index (χ2v) is 9.73. The highest BCUT2D eigenvalue weighted by Crippen LogP contribution is 2.32. The lowest BCUT2D eigenvalue weighted by Crippen LogP contribution is -2.43. The third-order valence-corrected chi connectivity index (χ3v) is 6.33. The van der Waals surface area contributed by atoms with Crippen molar-refractivity contribution in [1.29, 1.82) is 5.26 Å². The smallest absolute Gasteiger partial charge is 0.271 e. The van der Waals surface area contributed by atoms with Gasteiger partial charge in [-0.25, -0.2) is 4.68 Å². The molecule has 2 amide bonds. The van der Waals surface area contributed by atoms with E-state index in [0.29, 0.717) is 41.3 Å². The zero-order chi connectivity index (χ0) is 27.2. The molecule has 2 aromatic carbocycles. The number of hydrogen-bond acceptors (Lipinski definition) is 5. The lowest BCUT2D eigenvalue weighted by molar-refractivity contribution is -0.140. The van der Waals surface area contributed by atoms with Crippen molar-refractivity contribution in [2.75, 3.05) is 13.2 Å². The number of para-hydroxylation sites is 1. The predicted octanol–water partition coefficient (Wildman–Crippen LogP) is 5.97. The van der Waals surface area contributed by atoms with Crippen LogP contribution in [0.3, 0.4) is 0 Å². The van der Waals surface area contributed by atoms with Crippen LogP contribution in [-0.2, 0) is 9.59 Å². The van der Waals surface area contributed by atoms with Gasteiger partial charge in [-0.1, -0.05) is 45.4 Å². The zero-order valence-corrected chi connectivity index (χ0v) is 22.3. The van der Waals surface area contributed by atoms with E-state index < -0.39 is 11.8 Å². The Hall–Kier alpha value is -4.44. The summed E-state index contributed by atoms with van der Waals surface area (Å²) < 4.78 is 7.60. The Morgan fingerprint density at radius 1 is 1.05 bits per heavy atom. The molecular weight excluding hydrogens is 476 g/mol. The second-order valence-electron chi connectivity index (χ2n) is 9.73. The summed E-state index contributed by atoms with van der Waals surface area (Å²) in [7, 11) is 0. The molecule has 2 heterocycles. The normalized spacial score (nSPS) is 14.9. The Kier molecular flexibility index (Phi) is 8.22. The zero-order valence-electron chi connectivity index (χ0n) is 22.3. The average Bonchev–Trinajstić information content (AvgIpc) is 3.35. The largest absolute Gasteiger partial charge is 0.493 e. The van der Waals surface area contributed by atoms with Gasteiger partial charge < -0.3 is 4.74 Å². The van der Waals surface area contributed by atoms with Gasteiger partial charge >= 0.3 is 0 Å². The van der Waals surface area contributed by atoms with Crippen molar-refractivity contribution in [1.82, 2.24) is 14.7 Å². The standard InChI is InChI=1S/C31H32N4O3/c1-5-6-16-34-30(36)27(22(4)28(18-32)31(34)37)17-24-19-35(25-10-8-7-9-11-25)33-29(24)23-12-14-26(15-13-23)38-20-21(2)3/h7-15,17,19,21H,5-6,16,20H2,1-4H3/b27-17+. The van der Waals surface area contributed by atoms with Crippen LogP contribution in [0.15, 0.2) is 77.5 Å². The number of carbonyl (C=O) groups is 2. The van der Waals surface area contributed by atoms with Crippen molar-refractivity contribution in [2.45, 2.75) is 40.5 Å². The van der Waals surface area contributed by atoms with E-state index in [0.717, 1.165) is 23.4 Å². The Balaban J connectivity index is 1.82. The van der Waals surface area contributed by atoms with Gasteiger partial charge in [0.2, 0.25) is 0 Å². The van der Waals surface area contributed by atoms with Crippen molar-refractivity contribution >= 4 is 17.9 Å². The van der Waals surface area contributed by atoms with Gasteiger partial charge in [0.15, 0.2) is 0 Å². The van der Waals surface area contributed by atoms with E-state index in [-0.39, 0.29) is 12.1 Å². The fourth-order valence-electron chi connectivity index (χ4n) is 4.21. The molecule has 1 aliphatic rings. The number of aromatic nitrogens is 2. The fourth-order valence-corrected chi connectivity index (χ4v) is 4.21. The van der Waals surface area contributed by atoms with E-state index in [2.05, 4.69) is 13.8 Å². The summed E-state index contributed by atoms with van der Waals surface area (Å²) in [6.07, 6.45) is 5.10. The molecule has 0 N–H and O–H groups in total. The maximum atomic E-state index is 13.5. The van der Waals surface area contributed by atoms with E-state index in [1.54, 1.807) is 17.7 Å². The van der Waals surface area contributed by atoms with Gasteiger partial charge in [-0.2, -0.15) is 10.4 Å². The number of ether oxygens (including phenoxy) is 1. The lowest BCUT2D eigenvalue weighted by Gasteiger charge is -2.27. The van der Waals surface area contributed by atoms with Gasteiger partial charge in [0.1, 0.15) is 17.4 Å². The van der Waals surface area contributed by atoms with Gasteiger partial charge in [0.05, 0.1) is 18.0 Å². The highest BCUT2D eigenvalue weighted by atomic mass is 16.5. The van der Waals surface area contributed by atoms with E-state index >= 15 is 0 Å². The van der Waals surface area contributed by atoms with Crippen LogP contribution in [0, 0.1) is 17.2 Å². The van der Waals surface area contributed by atoms with Crippen LogP contribution in [0.4, 0.5) is 0 Å². The molecule has 0 atom stereocenters. The molecule has 0 aliphatic carbocycles. The number of nitrogens with zero attached hydrogens (tertiary/aromatic N) is 4. The molecule has 1 aliphatic heterocycles. The van der Waals surface area contributed by atoms with E-state index in [9.17, 15) is 14.9 Å². The van der Waals surface area contributed by atoms with E-state index in [1.807, 2.05) is 73.8 Å². The first-order valence-corrected chi connectivity index (χ1v) is 12.9. The fraction of sp³-hybridized carbons (Fsp3) is 0.290. The average molecular weight is 509 g/mol. The maximum absolute atomic E-state index is 13.5. The van der Waals surface area contributed by atoms with Crippen LogP contribution >= 0.6 is 0 Å². The molecule has 0 radical (unpaired) electrons. The number of benzene rings is 2. The first-order chi connectivity index (χ1) is 18.3. The number of carbonyl (C=O) groups excluding carboxylic acids is 2. The molecule has 0 saturated carbocycles. The van der Waals surface area contributed by atoms with Gasteiger partial charge in [0, 0.05) is 29.4 Å². The maximum Gasteiger partial charge on any atom is 0.271 e. The highest BCUT2D eigenvalue weighted by Gasteiger charge is 2.35. The van der Waals surface area contributed by atoms with Crippen molar-refractivity contribution in [3.63, 3.8) is 0 Å². The van der Waals surface area contributed by atoms with Crippen molar-refractivity contribution in [2.24, 2.45) is 5.92 Å². The summed E-state index contributed by atoms with van der Waals surface area (Å²) in [5.74, 6) is 0.268. The number of hydrogen-bond donors (Lipinski definition) is 0. The van der Waals surface area contributed by atoms with Crippen LogP contribution in [-0.4, -0.2) is 39.6 Å². The van der Waals surface area contributed by atoms with Gasteiger partial charge in [-0.05, 0) is 67.3 Å². The SMILES string of the molecule is CCCCN1C(=O)C(C#N)=C(C)/C(=C\c2cn(-c3ccccc3)nc2-c2ccc(OCC(C)C)cc2)C1=O. The van der Waals surface area contributed by atoms with E-state index in [1.165, 1.54) is 4.90 Å². The highest BCUT2D eigenvalue weighted by molar-refractivity contribution is 6.19. The summed E-state index contributed by atoms with van der Waals surface area (Å²) >= 11 is 0. The van der Waals surface area contributed by atoms with Gasteiger partial charge in [-0.15, -0.1) is 0 Å². The number of unbranched alkanes of at least 4 members (excludes halogenated alkanes) is 1. The summed E-state index contributed by atoms with van der Waals surface area (Å²) in [6, 6.07) is 19.4. The molecular formula is C31H32N4O3. The Labute approximate surface area is 223 Å². The summed E-state index contributed by atoms with van der Waals surface area (Å²) in [5.41, 5.74) is 3.80. The Morgan fingerprint density at radius 2 is 1.76 bits per heavy atom. The van der Waals surface area contributed by atoms with Crippen LogP contribution < -0.4 is 4.74 Å². The van der Waals surface area contributed by atoms with Crippen LogP contribution in [0.1, 0.15) is 46.1 Å². The molecule has 7 heteroatoms. The third-order valence-electron chi connectivity index (χ3n) is 6.33. The first kappa shape index (κ1) is 26.6. The molecule has 194 valence electrons. The molecule has 0 unspecified atom stereocenters. The van der Waals surface area contributed by atoms with Crippen LogP contribution in [0.25, 0.3) is 23.0 Å². The van der Waals surface area contributed by atoms with Crippen LogP contribution in [0.5, 0.6) is 5.75 Å². The Morgan fingerprint density at radius 3 is 2.39 bits per heavy atom. The van der Waals surface area contributed by atoms with Crippen molar-refractivity contribution in [3.8, 4) is 28.8 Å².